The molecule has 182 valence electrons. The van der Waals surface area contributed by atoms with Crippen LogP contribution >= 0.6 is 0 Å². The number of ether oxygens (including phenoxy) is 1. The second kappa shape index (κ2) is 9.61. The highest BCUT2D eigenvalue weighted by molar-refractivity contribution is 6.12. The monoisotopic (exact) mass is 471 g/mol. The summed E-state index contributed by atoms with van der Waals surface area (Å²) >= 11 is 0. The topological polar surface area (TPSA) is 63.5 Å². The predicted octanol–water partition coefficient (Wildman–Crippen LogP) is 5.19. The van der Waals surface area contributed by atoms with Crippen LogP contribution in [-0.4, -0.2) is 39.9 Å². The van der Waals surface area contributed by atoms with Gasteiger partial charge in [-0.25, -0.2) is 4.98 Å². The van der Waals surface area contributed by atoms with Gasteiger partial charge in [0.25, 0.3) is 5.88 Å². The van der Waals surface area contributed by atoms with Crippen molar-refractivity contribution in [3.63, 3.8) is 0 Å². The summed E-state index contributed by atoms with van der Waals surface area (Å²) < 4.78 is 8.06. The van der Waals surface area contributed by atoms with Crippen LogP contribution in [0.2, 0.25) is 0 Å². The van der Waals surface area contributed by atoms with Crippen molar-refractivity contribution < 1.29 is 9.53 Å². The van der Waals surface area contributed by atoms with Crippen LogP contribution in [0.15, 0.2) is 24.3 Å². The van der Waals surface area contributed by atoms with Gasteiger partial charge in [-0.15, -0.1) is 5.10 Å². The van der Waals surface area contributed by atoms with Crippen LogP contribution in [0.5, 0.6) is 5.88 Å². The van der Waals surface area contributed by atoms with Gasteiger partial charge in [0.05, 0.1) is 16.9 Å². The molecule has 0 radical (unpaired) electrons. The SMILES string of the molecule is CC#CC(=O)N(c1ccc2c(n1)c(OC1CCCC1)nn2C)c1cc(C)c(C)cc1N1CCCC1. The number of nitrogens with zero attached hydrogens (tertiary/aromatic N) is 5. The van der Waals surface area contributed by atoms with Crippen molar-refractivity contribution in [2.45, 2.75) is 65.4 Å². The molecule has 1 amide bonds. The molecular formula is C28H33N5O2. The Labute approximate surface area is 207 Å². The highest BCUT2D eigenvalue weighted by atomic mass is 16.5. The molecule has 0 bridgehead atoms. The fraction of sp³-hybridized carbons (Fsp3) is 0.464. The van der Waals surface area contributed by atoms with E-state index in [0.717, 1.165) is 61.2 Å². The number of aryl methyl sites for hydroxylation is 3. The van der Waals surface area contributed by atoms with Gasteiger partial charge >= 0.3 is 5.91 Å². The Morgan fingerprint density at radius 1 is 1.09 bits per heavy atom. The summed E-state index contributed by atoms with van der Waals surface area (Å²) in [5, 5.41) is 4.61. The van der Waals surface area contributed by atoms with Crippen LogP contribution in [-0.2, 0) is 11.8 Å². The van der Waals surface area contributed by atoms with Crippen molar-refractivity contribution in [2.24, 2.45) is 7.05 Å². The van der Waals surface area contributed by atoms with Crippen molar-refractivity contribution in [3.05, 3.63) is 35.4 Å². The molecule has 0 atom stereocenters. The van der Waals surface area contributed by atoms with Crippen molar-refractivity contribution >= 4 is 34.1 Å². The van der Waals surface area contributed by atoms with E-state index in [1.54, 1.807) is 16.5 Å². The smallest absolute Gasteiger partial charge is 0.308 e. The fourth-order valence-corrected chi connectivity index (χ4v) is 5.14. The average molecular weight is 472 g/mol. The maximum absolute atomic E-state index is 13.5. The van der Waals surface area contributed by atoms with E-state index < -0.39 is 0 Å². The first-order chi connectivity index (χ1) is 17.0. The van der Waals surface area contributed by atoms with Gasteiger partial charge in [0.1, 0.15) is 11.9 Å². The van der Waals surface area contributed by atoms with Crippen LogP contribution in [0, 0.1) is 25.7 Å². The third-order valence-corrected chi connectivity index (χ3v) is 7.17. The molecule has 0 unspecified atom stereocenters. The van der Waals surface area contributed by atoms with Gasteiger partial charge in [-0.2, -0.15) is 0 Å². The lowest BCUT2D eigenvalue weighted by atomic mass is 10.1. The Kier molecular flexibility index (Phi) is 6.38. The molecule has 3 aromatic rings. The lowest BCUT2D eigenvalue weighted by Gasteiger charge is -2.28. The second-order valence-corrected chi connectivity index (χ2v) is 9.63. The molecule has 7 heteroatoms. The van der Waals surface area contributed by atoms with Gasteiger partial charge in [-0.05, 0) is 101 Å². The van der Waals surface area contributed by atoms with Crippen LogP contribution in [0.25, 0.3) is 11.0 Å². The molecule has 5 rings (SSSR count). The number of hydrogen-bond acceptors (Lipinski definition) is 5. The number of amides is 1. The summed E-state index contributed by atoms with van der Waals surface area (Å²) in [6, 6.07) is 8.11. The van der Waals surface area contributed by atoms with E-state index in [1.165, 1.54) is 18.4 Å². The molecule has 1 saturated carbocycles. The molecule has 1 saturated heterocycles. The van der Waals surface area contributed by atoms with Crippen molar-refractivity contribution in [3.8, 4) is 17.7 Å². The van der Waals surface area contributed by atoms with Crippen molar-refractivity contribution in [1.82, 2.24) is 14.8 Å². The van der Waals surface area contributed by atoms with Crippen LogP contribution in [0.1, 0.15) is 56.6 Å². The van der Waals surface area contributed by atoms with Crippen molar-refractivity contribution in [1.29, 1.82) is 0 Å². The standard InChI is InChI=1S/C28H33N5O2/c1-5-10-26(34)33(24-18-20(3)19(2)17-23(24)32-15-8-9-16-32)25-14-13-22-27(29-25)28(30-31(22)4)35-21-11-6-7-12-21/h13-14,17-18,21H,6-9,11-12,15-16H2,1-4H3. The zero-order valence-corrected chi connectivity index (χ0v) is 21.1. The molecule has 2 aromatic heterocycles. The van der Waals surface area contributed by atoms with Gasteiger partial charge in [0.2, 0.25) is 0 Å². The second-order valence-electron chi connectivity index (χ2n) is 9.63. The third kappa shape index (κ3) is 4.45. The highest BCUT2D eigenvalue weighted by Crippen LogP contribution is 2.39. The van der Waals surface area contributed by atoms with E-state index in [4.69, 9.17) is 9.72 Å². The quantitative estimate of drug-likeness (QED) is 0.479. The average Bonchev–Trinajstić information content (AvgIpc) is 3.60. The lowest BCUT2D eigenvalue weighted by molar-refractivity contribution is -0.112. The lowest BCUT2D eigenvalue weighted by Crippen LogP contribution is -2.29. The summed E-state index contributed by atoms with van der Waals surface area (Å²) in [7, 11) is 1.89. The number of carbonyl (C=O) groups is 1. The molecule has 3 heterocycles. The Hall–Kier alpha value is -3.53. The number of anilines is 3. The van der Waals surface area contributed by atoms with Crippen LogP contribution < -0.4 is 14.5 Å². The van der Waals surface area contributed by atoms with Gasteiger partial charge < -0.3 is 9.64 Å². The zero-order valence-electron chi connectivity index (χ0n) is 21.1. The predicted molar refractivity (Wildman–Crippen MR) is 139 cm³/mol. The van der Waals surface area contributed by atoms with Crippen LogP contribution in [0.4, 0.5) is 17.2 Å². The molecule has 0 spiro atoms. The Morgan fingerprint density at radius 2 is 1.80 bits per heavy atom. The van der Waals surface area contributed by atoms with E-state index in [2.05, 4.69) is 47.8 Å². The van der Waals surface area contributed by atoms with E-state index >= 15 is 0 Å². The van der Waals surface area contributed by atoms with Gasteiger partial charge in [-0.3, -0.25) is 14.4 Å². The van der Waals surface area contributed by atoms with E-state index in [1.807, 2.05) is 19.2 Å². The Morgan fingerprint density at radius 3 is 2.51 bits per heavy atom. The Balaban J connectivity index is 1.65. The van der Waals surface area contributed by atoms with E-state index in [0.29, 0.717) is 17.2 Å². The number of carbonyl (C=O) groups excluding carboxylic acids is 1. The largest absolute Gasteiger partial charge is 0.472 e. The van der Waals surface area contributed by atoms with E-state index in [9.17, 15) is 4.79 Å². The fourth-order valence-electron chi connectivity index (χ4n) is 5.14. The summed E-state index contributed by atoms with van der Waals surface area (Å²) in [5.74, 6) is 6.29. The molecule has 1 aromatic carbocycles. The molecule has 0 N–H and O–H groups in total. The first kappa shape index (κ1) is 23.2. The number of hydrogen-bond donors (Lipinski definition) is 0. The first-order valence-corrected chi connectivity index (χ1v) is 12.6. The zero-order chi connectivity index (χ0) is 24.5. The van der Waals surface area contributed by atoms with Gasteiger partial charge in [0.15, 0.2) is 5.52 Å². The van der Waals surface area contributed by atoms with E-state index in [-0.39, 0.29) is 12.0 Å². The summed E-state index contributed by atoms with van der Waals surface area (Å²) in [6.45, 7) is 7.83. The van der Waals surface area contributed by atoms with Gasteiger partial charge in [0, 0.05) is 20.1 Å². The summed E-state index contributed by atoms with van der Waals surface area (Å²) in [6.07, 6.45) is 6.90. The third-order valence-electron chi connectivity index (χ3n) is 7.17. The maximum Gasteiger partial charge on any atom is 0.308 e. The normalized spacial score (nSPS) is 15.9. The minimum Gasteiger partial charge on any atom is -0.472 e. The summed E-state index contributed by atoms with van der Waals surface area (Å²) in [4.78, 5) is 22.4. The minimum absolute atomic E-state index is 0.170. The molecule has 2 aliphatic rings. The van der Waals surface area contributed by atoms with Crippen LogP contribution in [0.3, 0.4) is 0 Å². The maximum atomic E-state index is 13.5. The van der Waals surface area contributed by atoms with Gasteiger partial charge in [-0.1, -0.05) is 5.92 Å². The number of rotatable bonds is 5. The molecule has 35 heavy (non-hydrogen) atoms. The first-order valence-electron chi connectivity index (χ1n) is 12.6. The number of benzene rings is 1. The van der Waals surface area contributed by atoms with Crippen molar-refractivity contribution in [2.75, 3.05) is 22.9 Å². The number of aromatic nitrogens is 3. The minimum atomic E-state index is -0.301. The molecular weight excluding hydrogens is 438 g/mol. The molecule has 1 aliphatic carbocycles. The Bertz CT molecular complexity index is 1320. The summed E-state index contributed by atoms with van der Waals surface area (Å²) in [5.41, 5.74) is 5.73. The highest BCUT2D eigenvalue weighted by Gasteiger charge is 2.27. The molecule has 1 aliphatic heterocycles. The molecule has 7 nitrogen and oxygen atoms in total. The number of pyridine rings is 1. The molecule has 2 fully saturated rings. The number of fused-ring (bicyclic) bond motifs is 1.